The number of hydrogen-bond donors (Lipinski definition) is 1. The molecule has 1 heterocycles. The molecule has 0 aromatic carbocycles. The van der Waals surface area contributed by atoms with Crippen molar-refractivity contribution in [3.8, 4) is 0 Å². The van der Waals surface area contributed by atoms with E-state index in [2.05, 4.69) is 12.2 Å². The summed E-state index contributed by atoms with van der Waals surface area (Å²) in [5.41, 5.74) is 0. The summed E-state index contributed by atoms with van der Waals surface area (Å²) in [5, 5.41) is 3.23. The van der Waals surface area contributed by atoms with Crippen LogP contribution in [0.4, 0.5) is 0 Å². The molecule has 112 valence electrons. The van der Waals surface area contributed by atoms with Crippen molar-refractivity contribution in [1.29, 1.82) is 0 Å². The third-order valence-corrected chi connectivity index (χ3v) is 5.88. The van der Waals surface area contributed by atoms with Crippen molar-refractivity contribution < 1.29 is 13.2 Å². The topological polar surface area (TPSA) is 66.5 Å². The second-order valence-electron chi connectivity index (χ2n) is 5.94. The van der Waals surface area contributed by atoms with Crippen molar-refractivity contribution in [2.24, 2.45) is 0 Å². The van der Waals surface area contributed by atoms with Gasteiger partial charge in [0.2, 0.25) is 5.91 Å². The minimum absolute atomic E-state index is 0.0384. The van der Waals surface area contributed by atoms with Crippen LogP contribution in [0.2, 0.25) is 0 Å². The van der Waals surface area contributed by atoms with Gasteiger partial charge in [0, 0.05) is 19.3 Å². The van der Waals surface area contributed by atoms with Gasteiger partial charge in [-0.15, -0.1) is 0 Å². The Balaban J connectivity index is 2.71. The number of likely N-dealkylation sites (tertiary alicyclic amines) is 1. The average molecular weight is 290 g/mol. The fourth-order valence-electron chi connectivity index (χ4n) is 2.18. The van der Waals surface area contributed by atoms with Crippen molar-refractivity contribution in [3.05, 3.63) is 0 Å². The Bertz CT molecular complexity index is 418. The number of amides is 1. The van der Waals surface area contributed by atoms with Crippen LogP contribution in [0.1, 0.15) is 40.0 Å². The van der Waals surface area contributed by atoms with Gasteiger partial charge in [0.05, 0.1) is 10.8 Å². The van der Waals surface area contributed by atoms with E-state index >= 15 is 0 Å². The van der Waals surface area contributed by atoms with Gasteiger partial charge in [-0.3, -0.25) is 4.79 Å². The Morgan fingerprint density at radius 3 is 2.58 bits per heavy atom. The first kappa shape index (κ1) is 16.4. The lowest BCUT2D eigenvalue weighted by Crippen LogP contribution is -2.55. The molecule has 1 fully saturated rings. The van der Waals surface area contributed by atoms with Crippen molar-refractivity contribution in [1.82, 2.24) is 10.2 Å². The molecule has 1 saturated heterocycles. The molecule has 1 aliphatic heterocycles. The average Bonchev–Trinajstić information content (AvgIpc) is 2.28. The third-order valence-electron chi connectivity index (χ3n) is 3.75. The number of hydrogen-bond acceptors (Lipinski definition) is 4. The van der Waals surface area contributed by atoms with E-state index in [0.717, 1.165) is 25.8 Å². The number of nitrogens with one attached hydrogen (secondary N) is 1. The zero-order chi connectivity index (χ0) is 14.7. The highest BCUT2D eigenvalue weighted by atomic mass is 32.2. The summed E-state index contributed by atoms with van der Waals surface area (Å²) < 4.78 is 22.6. The highest BCUT2D eigenvalue weighted by Gasteiger charge is 2.37. The SMILES string of the molecule is CCCNC1CCCN(CC(C)(C)S(C)(=O)=O)C1=O. The summed E-state index contributed by atoms with van der Waals surface area (Å²) >= 11 is 0. The molecule has 0 aromatic rings. The van der Waals surface area contributed by atoms with Crippen LogP contribution in [0.25, 0.3) is 0 Å². The van der Waals surface area contributed by atoms with Crippen LogP contribution in [-0.2, 0) is 14.6 Å². The molecule has 0 radical (unpaired) electrons. The predicted octanol–water partition coefficient (Wildman–Crippen LogP) is 0.800. The Morgan fingerprint density at radius 2 is 2.05 bits per heavy atom. The summed E-state index contributed by atoms with van der Waals surface area (Å²) in [5.74, 6) is 0.0384. The highest BCUT2D eigenvalue weighted by molar-refractivity contribution is 7.92. The van der Waals surface area contributed by atoms with E-state index in [1.54, 1.807) is 18.7 Å². The molecule has 1 atom stereocenters. The first-order valence-corrected chi connectivity index (χ1v) is 8.80. The molecule has 1 unspecified atom stereocenters. The summed E-state index contributed by atoms with van der Waals surface area (Å²) in [6.45, 7) is 7.17. The number of piperidine rings is 1. The number of sulfone groups is 1. The van der Waals surface area contributed by atoms with Gasteiger partial charge in [-0.1, -0.05) is 6.92 Å². The van der Waals surface area contributed by atoms with E-state index in [4.69, 9.17) is 0 Å². The summed E-state index contributed by atoms with van der Waals surface area (Å²) in [7, 11) is -3.17. The standard InChI is InChI=1S/C13H26N2O3S/c1-5-8-14-11-7-6-9-15(12(11)16)10-13(2,3)19(4,17)18/h11,14H,5-10H2,1-4H3. The van der Waals surface area contributed by atoms with Gasteiger partial charge < -0.3 is 10.2 Å². The van der Waals surface area contributed by atoms with Crippen LogP contribution in [0.15, 0.2) is 0 Å². The lowest BCUT2D eigenvalue weighted by molar-refractivity contribution is -0.136. The van der Waals surface area contributed by atoms with E-state index in [1.807, 2.05) is 0 Å². The quantitative estimate of drug-likeness (QED) is 0.786. The molecule has 6 heteroatoms. The second-order valence-corrected chi connectivity index (χ2v) is 8.59. The van der Waals surface area contributed by atoms with E-state index < -0.39 is 14.6 Å². The van der Waals surface area contributed by atoms with E-state index in [9.17, 15) is 13.2 Å². The molecule has 0 aromatic heterocycles. The highest BCUT2D eigenvalue weighted by Crippen LogP contribution is 2.20. The first-order chi connectivity index (χ1) is 8.69. The van der Waals surface area contributed by atoms with Crippen LogP contribution in [0, 0.1) is 0 Å². The molecule has 0 spiro atoms. The molecule has 19 heavy (non-hydrogen) atoms. The summed E-state index contributed by atoms with van der Waals surface area (Å²) in [4.78, 5) is 14.0. The Hall–Kier alpha value is -0.620. The van der Waals surface area contributed by atoms with Gasteiger partial charge in [-0.25, -0.2) is 8.42 Å². The van der Waals surface area contributed by atoms with Crippen molar-refractivity contribution in [2.75, 3.05) is 25.9 Å². The van der Waals surface area contributed by atoms with E-state index in [0.29, 0.717) is 6.54 Å². The molecule has 1 amide bonds. The van der Waals surface area contributed by atoms with Gasteiger partial charge in [0.25, 0.3) is 0 Å². The molecule has 1 N–H and O–H groups in total. The van der Waals surface area contributed by atoms with E-state index in [-0.39, 0.29) is 18.5 Å². The predicted molar refractivity (Wildman–Crippen MR) is 76.8 cm³/mol. The molecule has 1 aliphatic rings. The molecule has 0 aliphatic carbocycles. The lowest BCUT2D eigenvalue weighted by atomic mass is 10.0. The van der Waals surface area contributed by atoms with Crippen molar-refractivity contribution >= 4 is 15.7 Å². The van der Waals surface area contributed by atoms with Gasteiger partial charge in [-0.05, 0) is 39.7 Å². The molecular formula is C13H26N2O3S. The lowest BCUT2D eigenvalue weighted by Gasteiger charge is -2.37. The van der Waals surface area contributed by atoms with Crippen LogP contribution >= 0.6 is 0 Å². The zero-order valence-electron chi connectivity index (χ0n) is 12.4. The van der Waals surface area contributed by atoms with E-state index in [1.165, 1.54) is 6.26 Å². The molecule has 5 nitrogen and oxygen atoms in total. The van der Waals surface area contributed by atoms with Gasteiger partial charge in [-0.2, -0.15) is 0 Å². The number of rotatable bonds is 6. The second kappa shape index (κ2) is 6.22. The van der Waals surface area contributed by atoms with Crippen LogP contribution in [0.5, 0.6) is 0 Å². The van der Waals surface area contributed by atoms with Crippen LogP contribution in [0.3, 0.4) is 0 Å². The molecule has 1 rings (SSSR count). The number of carbonyl (C=O) groups excluding carboxylic acids is 1. The fraction of sp³-hybridized carbons (Fsp3) is 0.923. The first-order valence-electron chi connectivity index (χ1n) is 6.91. The summed E-state index contributed by atoms with van der Waals surface area (Å²) in [6.07, 6.45) is 3.98. The van der Waals surface area contributed by atoms with Gasteiger partial charge in [0.15, 0.2) is 9.84 Å². The molecule has 0 bridgehead atoms. The number of carbonyl (C=O) groups is 1. The monoisotopic (exact) mass is 290 g/mol. The zero-order valence-corrected chi connectivity index (χ0v) is 13.2. The Morgan fingerprint density at radius 1 is 1.42 bits per heavy atom. The normalized spacial score (nSPS) is 21.8. The van der Waals surface area contributed by atoms with Gasteiger partial charge >= 0.3 is 0 Å². The summed E-state index contributed by atoms with van der Waals surface area (Å²) in [6, 6.07) is -0.149. The Labute approximate surface area is 116 Å². The largest absolute Gasteiger partial charge is 0.340 e. The fourth-order valence-corrected chi connectivity index (χ4v) is 2.57. The third kappa shape index (κ3) is 4.18. The molecule has 0 saturated carbocycles. The maximum Gasteiger partial charge on any atom is 0.239 e. The minimum Gasteiger partial charge on any atom is -0.340 e. The Kier molecular flexibility index (Phi) is 5.38. The maximum atomic E-state index is 12.3. The van der Waals surface area contributed by atoms with Crippen LogP contribution in [-0.4, -0.2) is 55.9 Å². The van der Waals surface area contributed by atoms with Crippen molar-refractivity contribution in [3.63, 3.8) is 0 Å². The number of nitrogens with zero attached hydrogens (tertiary/aromatic N) is 1. The maximum absolute atomic E-state index is 12.3. The van der Waals surface area contributed by atoms with Gasteiger partial charge in [0.1, 0.15) is 0 Å². The molecular weight excluding hydrogens is 264 g/mol. The minimum atomic E-state index is -3.17. The van der Waals surface area contributed by atoms with Crippen LogP contribution < -0.4 is 5.32 Å². The smallest absolute Gasteiger partial charge is 0.239 e. The van der Waals surface area contributed by atoms with Crippen molar-refractivity contribution in [2.45, 2.75) is 50.8 Å².